The van der Waals surface area contributed by atoms with Crippen LogP contribution in [-0.2, 0) is 20.2 Å². The number of ether oxygens (including phenoxy) is 1. The first-order valence-corrected chi connectivity index (χ1v) is 6.03. The third-order valence-electron chi connectivity index (χ3n) is 2.94. The highest BCUT2D eigenvalue weighted by atomic mass is 16.5. The van der Waals surface area contributed by atoms with E-state index >= 15 is 0 Å². The largest absolute Gasteiger partial charge is 0.487 e. The summed E-state index contributed by atoms with van der Waals surface area (Å²) in [5.74, 6) is 0.966. The summed E-state index contributed by atoms with van der Waals surface area (Å²) in [7, 11) is 3.91. The van der Waals surface area contributed by atoms with Gasteiger partial charge in [0.15, 0.2) is 0 Å². The Morgan fingerprint density at radius 2 is 2.22 bits per heavy atom. The van der Waals surface area contributed by atoms with Crippen LogP contribution in [0.1, 0.15) is 16.8 Å². The first-order valence-electron chi connectivity index (χ1n) is 6.03. The molecular weight excluding hydrogens is 226 g/mol. The third-order valence-corrected chi connectivity index (χ3v) is 2.94. The fourth-order valence-electron chi connectivity index (χ4n) is 1.92. The number of aryl methyl sites for hydroxylation is 2. The highest BCUT2D eigenvalue weighted by Gasteiger charge is 2.07. The lowest BCUT2D eigenvalue weighted by atomic mass is 10.1. The number of aromatic nitrogens is 2. The van der Waals surface area contributed by atoms with Crippen LogP contribution in [0.5, 0.6) is 5.75 Å². The molecule has 0 radical (unpaired) electrons. The lowest BCUT2D eigenvalue weighted by Gasteiger charge is -2.14. The Hall–Kier alpha value is -1.81. The van der Waals surface area contributed by atoms with Crippen LogP contribution in [0.4, 0.5) is 0 Å². The monoisotopic (exact) mass is 245 g/mol. The van der Waals surface area contributed by atoms with E-state index in [0.717, 1.165) is 23.6 Å². The minimum absolute atomic E-state index is 0.540. The second kappa shape index (κ2) is 5.69. The van der Waals surface area contributed by atoms with Crippen molar-refractivity contribution in [3.63, 3.8) is 0 Å². The average Bonchev–Trinajstić information content (AvgIpc) is 2.75. The number of imidazole rings is 1. The van der Waals surface area contributed by atoms with Crippen molar-refractivity contribution in [2.24, 2.45) is 7.05 Å². The Morgan fingerprint density at radius 3 is 2.89 bits per heavy atom. The Bertz CT molecular complexity index is 520. The molecule has 18 heavy (non-hydrogen) atoms. The average molecular weight is 245 g/mol. The number of para-hydroxylation sites is 1. The topological polar surface area (TPSA) is 39.1 Å². The highest BCUT2D eigenvalue weighted by Crippen LogP contribution is 2.24. The molecule has 0 spiro atoms. The van der Waals surface area contributed by atoms with Crippen LogP contribution >= 0.6 is 0 Å². The maximum absolute atomic E-state index is 5.94. The summed E-state index contributed by atoms with van der Waals surface area (Å²) in [5.41, 5.74) is 3.40. The molecule has 0 fully saturated rings. The molecule has 0 aliphatic heterocycles. The molecule has 0 amide bonds. The van der Waals surface area contributed by atoms with E-state index in [9.17, 15) is 0 Å². The lowest BCUT2D eigenvalue weighted by Crippen LogP contribution is -2.09. The molecule has 2 aromatic rings. The van der Waals surface area contributed by atoms with Crippen LogP contribution in [0.25, 0.3) is 0 Å². The summed E-state index contributed by atoms with van der Waals surface area (Å²) in [4.78, 5) is 4.09. The normalized spacial score (nSPS) is 10.6. The maximum atomic E-state index is 5.94. The molecule has 96 valence electrons. The van der Waals surface area contributed by atoms with Gasteiger partial charge in [0.05, 0.1) is 18.2 Å². The second-order valence-electron chi connectivity index (χ2n) is 4.38. The predicted molar refractivity (Wildman–Crippen MR) is 71.5 cm³/mol. The Labute approximate surface area is 108 Å². The van der Waals surface area contributed by atoms with Gasteiger partial charge in [-0.2, -0.15) is 0 Å². The van der Waals surface area contributed by atoms with Gasteiger partial charge in [0.1, 0.15) is 12.4 Å². The summed E-state index contributed by atoms with van der Waals surface area (Å²) < 4.78 is 7.91. The molecule has 0 aliphatic rings. The first-order chi connectivity index (χ1) is 8.72. The van der Waals surface area contributed by atoms with Gasteiger partial charge in [-0.3, -0.25) is 0 Å². The standard InChI is InChI=1S/C14H19N3O/c1-11-5-4-6-12(7-15-2)14(11)18-9-13-8-16-10-17(13)3/h4-6,8,10,15H,7,9H2,1-3H3. The van der Waals surface area contributed by atoms with E-state index in [4.69, 9.17) is 4.74 Å². The molecule has 4 heteroatoms. The molecule has 0 saturated heterocycles. The fraction of sp³-hybridized carbons (Fsp3) is 0.357. The van der Waals surface area contributed by atoms with Crippen LogP contribution in [0.3, 0.4) is 0 Å². The van der Waals surface area contributed by atoms with Crippen LogP contribution in [0.2, 0.25) is 0 Å². The van der Waals surface area contributed by atoms with E-state index in [2.05, 4.69) is 35.4 Å². The van der Waals surface area contributed by atoms with Gasteiger partial charge < -0.3 is 14.6 Å². The lowest BCUT2D eigenvalue weighted by molar-refractivity contribution is 0.291. The van der Waals surface area contributed by atoms with Gasteiger partial charge in [0.25, 0.3) is 0 Å². The molecule has 0 unspecified atom stereocenters. The maximum Gasteiger partial charge on any atom is 0.130 e. The molecule has 1 aromatic heterocycles. The zero-order valence-corrected chi connectivity index (χ0v) is 11.1. The molecule has 0 saturated carbocycles. The van der Waals surface area contributed by atoms with Crippen molar-refractivity contribution in [1.29, 1.82) is 0 Å². The Kier molecular flexibility index (Phi) is 3.99. The highest BCUT2D eigenvalue weighted by molar-refractivity contribution is 5.40. The van der Waals surface area contributed by atoms with Gasteiger partial charge in [-0.05, 0) is 19.5 Å². The Morgan fingerprint density at radius 1 is 1.39 bits per heavy atom. The van der Waals surface area contributed by atoms with Gasteiger partial charge in [0.2, 0.25) is 0 Å². The summed E-state index contributed by atoms with van der Waals surface area (Å²) in [6.07, 6.45) is 3.61. The van der Waals surface area contributed by atoms with Gasteiger partial charge in [-0.1, -0.05) is 18.2 Å². The zero-order valence-electron chi connectivity index (χ0n) is 11.1. The van der Waals surface area contributed by atoms with E-state index in [1.165, 1.54) is 5.56 Å². The number of hydrogen-bond donors (Lipinski definition) is 1. The van der Waals surface area contributed by atoms with E-state index in [1.807, 2.05) is 24.9 Å². The molecule has 4 nitrogen and oxygen atoms in total. The van der Waals surface area contributed by atoms with Crippen molar-refractivity contribution in [3.05, 3.63) is 47.5 Å². The molecular formula is C14H19N3O. The first kappa shape index (κ1) is 12.6. The van der Waals surface area contributed by atoms with E-state index < -0.39 is 0 Å². The molecule has 0 bridgehead atoms. The van der Waals surface area contributed by atoms with Gasteiger partial charge in [0, 0.05) is 19.2 Å². The van der Waals surface area contributed by atoms with Crippen molar-refractivity contribution in [3.8, 4) is 5.75 Å². The predicted octanol–water partition coefficient (Wildman–Crippen LogP) is 2.03. The summed E-state index contributed by atoms with van der Waals surface area (Å²) in [6, 6.07) is 6.21. The van der Waals surface area contributed by atoms with Crippen LogP contribution in [0.15, 0.2) is 30.7 Å². The Balaban J connectivity index is 2.15. The number of nitrogens with one attached hydrogen (secondary N) is 1. The molecule has 0 aliphatic carbocycles. The van der Waals surface area contributed by atoms with Crippen molar-refractivity contribution in [1.82, 2.24) is 14.9 Å². The van der Waals surface area contributed by atoms with Gasteiger partial charge in [-0.25, -0.2) is 4.98 Å². The van der Waals surface area contributed by atoms with Crippen LogP contribution in [0, 0.1) is 6.92 Å². The smallest absolute Gasteiger partial charge is 0.130 e. The van der Waals surface area contributed by atoms with E-state index in [0.29, 0.717) is 6.61 Å². The number of nitrogens with zero attached hydrogens (tertiary/aromatic N) is 2. The van der Waals surface area contributed by atoms with Crippen LogP contribution < -0.4 is 10.1 Å². The van der Waals surface area contributed by atoms with E-state index in [-0.39, 0.29) is 0 Å². The SMILES string of the molecule is CNCc1cccc(C)c1OCc1cncn1C. The molecule has 1 heterocycles. The molecule has 2 rings (SSSR count). The minimum Gasteiger partial charge on any atom is -0.487 e. The summed E-state index contributed by atoms with van der Waals surface area (Å²) in [6.45, 7) is 3.41. The quantitative estimate of drug-likeness (QED) is 0.876. The summed E-state index contributed by atoms with van der Waals surface area (Å²) in [5, 5.41) is 3.16. The van der Waals surface area contributed by atoms with E-state index in [1.54, 1.807) is 6.33 Å². The number of rotatable bonds is 5. The minimum atomic E-state index is 0.540. The van der Waals surface area contributed by atoms with Gasteiger partial charge >= 0.3 is 0 Å². The summed E-state index contributed by atoms with van der Waals surface area (Å²) >= 11 is 0. The van der Waals surface area contributed by atoms with Crippen molar-refractivity contribution >= 4 is 0 Å². The molecule has 1 N–H and O–H groups in total. The fourth-order valence-corrected chi connectivity index (χ4v) is 1.92. The second-order valence-corrected chi connectivity index (χ2v) is 4.38. The van der Waals surface area contributed by atoms with Crippen molar-refractivity contribution < 1.29 is 4.74 Å². The van der Waals surface area contributed by atoms with Gasteiger partial charge in [-0.15, -0.1) is 0 Å². The third kappa shape index (κ3) is 2.71. The number of benzene rings is 1. The van der Waals surface area contributed by atoms with Crippen molar-refractivity contribution in [2.45, 2.75) is 20.1 Å². The zero-order chi connectivity index (χ0) is 13.0. The van der Waals surface area contributed by atoms with Crippen molar-refractivity contribution in [2.75, 3.05) is 7.05 Å². The van der Waals surface area contributed by atoms with Crippen LogP contribution in [-0.4, -0.2) is 16.6 Å². The molecule has 0 atom stereocenters. The number of hydrogen-bond acceptors (Lipinski definition) is 3. The molecule has 1 aromatic carbocycles.